The van der Waals surface area contributed by atoms with E-state index in [-0.39, 0.29) is 5.56 Å². The van der Waals surface area contributed by atoms with Crippen LogP contribution < -0.4 is 10.5 Å². The van der Waals surface area contributed by atoms with Crippen molar-refractivity contribution in [3.8, 4) is 0 Å². The second-order valence-electron chi connectivity index (χ2n) is 4.06. The van der Waals surface area contributed by atoms with E-state index in [1.807, 2.05) is 13.8 Å². The number of halogens is 1. The highest BCUT2D eigenvalue weighted by Gasteiger charge is 2.20. The molecule has 1 N–H and O–H groups in total. The third-order valence-corrected chi connectivity index (χ3v) is 3.40. The first-order valence-corrected chi connectivity index (χ1v) is 5.63. The van der Waals surface area contributed by atoms with Crippen LogP contribution in [0.25, 0.3) is 0 Å². The van der Waals surface area contributed by atoms with E-state index in [2.05, 4.69) is 9.88 Å². The third kappa shape index (κ3) is 1.76. The van der Waals surface area contributed by atoms with Crippen molar-refractivity contribution >= 4 is 17.3 Å². The highest BCUT2D eigenvalue weighted by Crippen LogP contribution is 2.30. The summed E-state index contributed by atoms with van der Waals surface area (Å²) in [5.74, 6) is 0. The first-order chi connectivity index (χ1) is 7.11. The number of nitrogens with zero attached hydrogens (tertiary/aromatic N) is 1. The Balaban J connectivity index is 2.57. The summed E-state index contributed by atoms with van der Waals surface area (Å²) < 4.78 is 0. The van der Waals surface area contributed by atoms with E-state index in [1.54, 1.807) is 0 Å². The van der Waals surface area contributed by atoms with E-state index in [0.717, 1.165) is 30.0 Å². The Bertz CT molecular complexity index is 433. The van der Waals surface area contributed by atoms with Gasteiger partial charge in [-0.2, -0.15) is 0 Å². The van der Waals surface area contributed by atoms with Crippen LogP contribution >= 0.6 is 11.6 Å². The van der Waals surface area contributed by atoms with Crippen molar-refractivity contribution in [2.45, 2.75) is 26.7 Å². The molecule has 1 saturated heterocycles. The van der Waals surface area contributed by atoms with Gasteiger partial charge in [0.1, 0.15) is 5.02 Å². The molecule has 2 heterocycles. The van der Waals surface area contributed by atoms with Gasteiger partial charge in [-0.25, -0.2) is 0 Å². The zero-order valence-electron chi connectivity index (χ0n) is 9.06. The fraction of sp³-hybridized carbons (Fsp3) is 0.545. The number of aromatic nitrogens is 1. The molecule has 0 aliphatic carbocycles. The first kappa shape index (κ1) is 10.6. The topological polar surface area (TPSA) is 36.1 Å². The molecule has 3 nitrogen and oxygen atoms in total. The van der Waals surface area contributed by atoms with Gasteiger partial charge in [-0.3, -0.25) is 4.79 Å². The van der Waals surface area contributed by atoms with Gasteiger partial charge in [0.15, 0.2) is 0 Å². The Labute approximate surface area is 94.1 Å². The van der Waals surface area contributed by atoms with Crippen molar-refractivity contribution in [1.82, 2.24) is 4.98 Å². The van der Waals surface area contributed by atoms with Crippen molar-refractivity contribution in [3.63, 3.8) is 0 Å². The Morgan fingerprint density at radius 3 is 2.47 bits per heavy atom. The molecule has 1 aliphatic heterocycles. The summed E-state index contributed by atoms with van der Waals surface area (Å²) in [6.45, 7) is 5.92. The molecule has 0 radical (unpaired) electrons. The Kier molecular flexibility index (Phi) is 2.74. The van der Waals surface area contributed by atoms with Gasteiger partial charge in [-0.1, -0.05) is 11.6 Å². The lowest BCUT2D eigenvalue weighted by molar-refractivity contribution is 0.944. The van der Waals surface area contributed by atoms with Gasteiger partial charge in [-0.05, 0) is 32.3 Å². The molecule has 2 rings (SSSR count). The van der Waals surface area contributed by atoms with Gasteiger partial charge in [0.25, 0.3) is 5.56 Å². The maximum atomic E-state index is 11.6. The smallest absolute Gasteiger partial charge is 0.269 e. The lowest BCUT2D eigenvalue weighted by Crippen LogP contribution is -2.23. The molecule has 4 heteroatoms. The number of aryl methyl sites for hydroxylation is 1. The van der Waals surface area contributed by atoms with Crippen LogP contribution in [0.5, 0.6) is 0 Å². The zero-order chi connectivity index (χ0) is 11.0. The molecule has 0 saturated carbocycles. The van der Waals surface area contributed by atoms with Crippen LogP contribution in [0.1, 0.15) is 24.1 Å². The quantitative estimate of drug-likeness (QED) is 0.798. The van der Waals surface area contributed by atoms with Crippen LogP contribution in [0.15, 0.2) is 4.79 Å². The van der Waals surface area contributed by atoms with Gasteiger partial charge in [0.05, 0.1) is 5.69 Å². The van der Waals surface area contributed by atoms with Crippen molar-refractivity contribution in [2.24, 2.45) is 0 Å². The van der Waals surface area contributed by atoms with E-state index in [0.29, 0.717) is 5.02 Å². The summed E-state index contributed by atoms with van der Waals surface area (Å²) in [4.78, 5) is 16.5. The van der Waals surface area contributed by atoms with Crippen molar-refractivity contribution in [3.05, 3.63) is 26.6 Å². The average Bonchev–Trinajstić information content (AvgIpc) is 2.69. The molecule has 0 spiro atoms. The van der Waals surface area contributed by atoms with Gasteiger partial charge >= 0.3 is 0 Å². The number of nitrogens with one attached hydrogen (secondary N) is 1. The van der Waals surface area contributed by atoms with E-state index in [4.69, 9.17) is 11.6 Å². The van der Waals surface area contributed by atoms with E-state index in [1.165, 1.54) is 12.8 Å². The van der Waals surface area contributed by atoms with E-state index in [9.17, 15) is 4.79 Å². The fourth-order valence-corrected chi connectivity index (χ4v) is 2.39. The molecule has 0 aromatic carbocycles. The van der Waals surface area contributed by atoms with Crippen LogP contribution in [0, 0.1) is 13.8 Å². The van der Waals surface area contributed by atoms with Crippen molar-refractivity contribution < 1.29 is 0 Å². The molecular formula is C11H15ClN2O. The Morgan fingerprint density at radius 2 is 1.87 bits per heavy atom. The van der Waals surface area contributed by atoms with Gasteiger partial charge < -0.3 is 9.88 Å². The molecule has 15 heavy (non-hydrogen) atoms. The highest BCUT2D eigenvalue weighted by molar-refractivity contribution is 6.33. The number of aromatic amines is 1. The minimum absolute atomic E-state index is 0.179. The molecule has 1 fully saturated rings. The number of anilines is 1. The number of rotatable bonds is 1. The minimum atomic E-state index is -0.179. The van der Waals surface area contributed by atoms with Crippen molar-refractivity contribution in [2.75, 3.05) is 18.0 Å². The Morgan fingerprint density at radius 1 is 1.27 bits per heavy atom. The minimum Gasteiger partial charge on any atom is -0.370 e. The Hall–Kier alpha value is -0.960. The molecule has 1 aliphatic rings. The highest BCUT2D eigenvalue weighted by atomic mass is 35.5. The fourth-order valence-electron chi connectivity index (χ4n) is 2.09. The SMILES string of the molecule is Cc1[nH]c(=O)c(Cl)c(N2CCCC2)c1C. The van der Waals surface area contributed by atoms with E-state index < -0.39 is 0 Å². The van der Waals surface area contributed by atoms with Crippen LogP contribution in [0.4, 0.5) is 5.69 Å². The van der Waals surface area contributed by atoms with E-state index >= 15 is 0 Å². The third-order valence-electron chi connectivity index (χ3n) is 3.05. The molecular weight excluding hydrogens is 212 g/mol. The molecule has 0 bridgehead atoms. The van der Waals surface area contributed by atoms with Crippen molar-refractivity contribution in [1.29, 1.82) is 0 Å². The summed E-state index contributed by atoms with van der Waals surface area (Å²) in [6.07, 6.45) is 2.36. The molecule has 1 aromatic heterocycles. The van der Waals surface area contributed by atoms with Gasteiger partial charge in [-0.15, -0.1) is 0 Å². The lowest BCUT2D eigenvalue weighted by Gasteiger charge is -2.22. The second kappa shape index (κ2) is 3.89. The van der Waals surface area contributed by atoms with Crippen LogP contribution in [0.2, 0.25) is 5.02 Å². The average molecular weight is 227 g/mol. The van der Waals surface area contributed by atoms with Crippen LogP contribution in [-0.4, -0.2) is 18.1 Å². The largest absolute Gasteiger partial charge is 0.370 e. The molecule has 82 valence electrons. The lowest BCUT2D eigenvalue weighted by atomic mass is 10.2. The van der Waals surface area contributed by atoms with Gasteiger partial charge in [0.2, 0.25) is 0 Å². The van der Waals surface area contributed by atoms with Crippen LogP contribution in [-0.2, 0) is 0 Å². The first-order valence-electron chi connectivity index (χ1n) is 5.25. The van der Waals surface area contributed by atoms with Crippen LogP contribution in [0.3, 0.4) is 0 Å². The molecule has 0 unspecified atom stereocenters. The number of pyridine rings is 1. The predicted octanol–water partition coefficient (Wildman–Crippen LogP) is 2.25. The maximum absolute atomic E-state index is 11.6. The summed E-state index contributed by atoms with van der Waals surface area (Å²) in [6, 6.07) is 0. The number of hydrogen-bond donors (Lipinski definition) is 1. The van der Waals surface area contributed by atoms with Gasteiger partial charge in [0, 0.05) is 18.8 Å². The molecule has 1 aromatic rings. The number of hydrogen-bond acceptors (Lipinski definition) is 2. The monoisotopic (exact) mass is 226 g/mol. The molecule has 0 atom stereocenters. The summed E-state index contributed by atoms with van der Waals surface area (Å²) >= 11 is 6.07. The number of H-pyrrole nitrogens is 1. The molecule has 0 amide bonds. The second-order valence-corrected chi connectivity index (χ2v) is 4.44. The summed E-state index contributed by atoms with van der Waals surface area (Å²) in [5, 5.41) is 0.333. The summed E-state index contributed by atoms with van der Waals surface area (Å²) in [5.41, 5.74) is 2.74. The predicted molar refractivity (Wildman–Crippen MR) is 63.0 cm³/mol. The zero-order valence-corrected chi connectivity index (χ0v) is 9.82. The standard InChI is InChI=1S/C11H15ClN2O/c1-7-8(2)13-11(15)9(12)10(7)14-5-3-4-6-14/h3-6H2,1-2H3,(H,13,15). The maximum Gasteiger partial charge on any atom is 0.269 e. The summed E-state index contributed by atoms with van der Waals surface area (Å²) in [7, 11) is 0. The normalized spacial score (nSPS) is 16.1.